The van der Waals surface area contributed by atoms with Crippen molar-refractivity contribution >= 4 is 11.7 Å². The summed E-state index contributed by atoms with van der Waals surface area (Å²) in [5.41, 5.74) is 0.0709. The summed E-state index contributed by atoms with van der Waals surface area (Å²) in [6.45, 7) is 2.69. The van der Waals surface area contributed by atoms with Gasteiger partial charge in [0.2, 0.25) is 0 Å². The SMILES string of the molecule is C[C@@H]1CCN(C(=O)c2ccncc2F)C[C@H]1c1cc(C(F)F)nc2ncnn12. The molecule has 0 aromatic carbocycles. The highest BCUT2D eigenvalue weighted by atomic mass is 19.3. The van der Waals surface area contributed by atoms with Crippen LogP contribution in [0.15, 0.2) is 30.9 Å². The highest BCUT2D eigenvalue weighted by Gasteiger charge is 2.33. The maximum Gasteiger partial charge on any atom is 0.280 e. The number of likely N-dealkylation sites (tertiary alicyclic amines) is 1. The van der Waals surface area contributed by atoms with E-state index in [1.807, 2.05) is 6.92 Å². The van der Waals surface area contributed by atoms with Gasteiger partial charge in [0.1, 0.15) is 12.0 Å². The van der Waals surface area contributed by atoms with E-state index in [2.05, 4.69) is 20.1 Å². The Morgan fingerprint density at radius 2 is 2.18 bits per heavy atom. The normalized spacial score (nSPS) is 20.1. The number of aromatic nitrogens is 5. The Bertz CT molecular complexity index is 1020. The molecule has 4 heterocycles. The fourth-order valence-corrected chi connectivity index (χ4v) is 3.59. The van der Waals surface area contributed by atoms with Crippen LogP contribution in [0.4, 0.5) is 13.2 Å². The number of alkyl halides is 2. The van der Waals surface area contributed by atoms with E-state index in [1.54, 1.807) is 0 Å². The second-order valence-corrected chi connectivity index (χ2v) is 6.86. The van der Waals surface area contributed by atoms with Crippen molar-refractivity contribution in [3.63, 3.8) is 0 Å². The van der Waals surface area contributed by atoms with Crippen LogP contribution >= 0.6 is 0 Å². The summed E-state index contributed by atoms with van der Waals surface area (Å²) in [5.74, 6) is -1.22. The zero-order valence-corrected chi connectivity index (χ0v) is 15.0. The van der Waals surface area contributed by atoms with Crippen LogP contribution in [0.5, 0.6) is 0 Å². The largest absolute Gasteiger partial charge is 0.338 e. The van der Waals surface area contributed by atoms with E-state index < -0.39 is 18.1 Å². The second-order valence-electron chi connectivity index (χ2n) is 6.86. The first-order chi connectivity index (χ1) is 13.5. The molecule has 1 fully saturated rings. The summed E-state index contributed by atoms with van der Waals surface area (Å²) in [5, 5.41) is 4.10. The number of pyridine rings is 1. The van der Waals surface area contributed by atoms with Crippen LogP contribution in [0.2, 0.25) is 0 Å². The molecule has 0 unspecified atom stereocenters. The molecular weight excluding hydrogens is 373 g/mol. The standard InChI is InChI=1S/C18H17F3N6O/c1-10-3-5-26(17(28)11-2-4-22-7-13(11)19)8-12(10)15-6-14(16(20)21)25-18-23-9-24-27(15)18/h2,4,6-7,9-10,12,16H,3,5,8H2,1H3/t10-,12-/m1/s1. The quantitative estimate of drug-likeness (QED) is 0.687. The average molecular weight is 390 g/mol. The molecule has 4 rings (SSSR count). The van der Waals surface area contributed by atoms with Crippen LogP contribution in [0, 0.1) is 11.7 Å². The van der Waals surface area contributed by atoms with Gasteiger partial charge in [0.05, 0.1) is 17.5 Å². The molecule has 28 heavy (non-hydrogen) atoms. The molecule has 10 heteroatoms. The maximum atomic E-state index is 14.0. The van der Waals surface area contributed by atoms with Crippen molar-refractivity contribution in [3.05, 3.63) is 53.6 Å². The van der Waals surface area contributed by atoms with Gasteiger partial charge in [0.25, 0.3) is 18.1 Å². The molecule has 0 saturated carbocycles. The van der Waals surface area contributed by atoms with Gasteiger partial charge in [0.15, 0.2) is 5.82 Å². The van der Waals surface area contributed by atoms with Crippen molar-refractivity contribution in [1.82, 2.24) is 29.5 Å². The van der Waals surface area contributed by atoms with Crippen LogP contribution in [-0.4, -0.2) is 48.5 Å². The van der Waals surface area contributed by atoms with Crippen molar-refractivity contribution in [1.29, 1.82) is 0 Å². The van der Waals surface area contributed by atoms with Crippen LogP contribution in [0.1, 0.15) is 47.4 Å². The minimum absolute atomic E-state index is 0.0581. The summed E-state index contributed by atoms with van der Waals surface area (Å²) in [6, 6.07) is 2.65. The number of carbonyl (C=O) groups is 1. The lowest BCUT2D eigenvalue weighted by atomic mass is 9.84. The number of carbonyl (C=O) groups excluding carboxylic acids is 1. The summed E-state index contributed by atoms with van der Waals surface area (Å²) in [4.78, 5) is 25.7. The molecule has 2 atom stereocenters. The van der Waals surface area contributed by atoms with Gasteiger partial charge in [-0.15, -0.1) is 0 Å². The number of fused-ring (bicyclic) bond motifs is 1. The summed E-state index contributed by atoms with van der Waals surface area (Å²) in [7, 11) is 0. The Labute approximate surface area is 158 Å². The minimum atomic E-state index is -2.75. The topological polar surface area (TPSA) is 76.3 Å². The van der Waals surface area contributed by atoms with Gasteiger partial charge in [-0.3, -0.25) is 9.78 Å². The third-order valence-corrected chi connectivity index (χ3v) is 5.15. The van der Waals surface area contributed by atoms with Gasteiger partial charge in [0, 0.05) is 25.2 Å². The molecule has 1 aliphatic rings. The Kier molecular flexibility index (Phi) is 4.70. The number of rotatable bonds is 3. The number of hydrogen-bond donors (Lipinski definition) is 0. The number of hydrogen-bond acceptors (Lipinski definition) is 5. The Hall–Kier alpha value is -3.04. The lowest BCUT2D eigenvalue weighted by Crippen LogP contribution is -2.43. The second kappa shape index (κ2) is 7.17. The van der Waals surface area contributed by atoms with Gasteiger partial charge in [-0.25, -0.2) is 22.7 Å². The lowest BCUT2D eigenvalue weighted by Gasteiger charge is -2.37. The number of nitrogens with zero attached hydrogens (tertiary/aromatic N) is 6. The van der Waals surface area contributed by atoms with Crippen LogP contribution in [0.25, 0.3) is 5.78 Å². The van der Waals surface area contributed by atoms with Gasteiger partial charge in [-0.2, -0.15) is 10.1 Å². The summed E-state index contributed by atoms with van der Waals surface area (Å²) >= 11 is 0. The molecule has 146 valence electrons. The van der Waals surface area contributed by atoms with Crippen molar-refractivity contribution in [2.24, 2.45) is 5.92 Å². The van der Waals surface area contributed by atoms with E-state index in [0.29, 0.717) is 18.7 Å². The highest BCUT2D eigenvalue weighted by molar-refractivity contribution is 5.94. The molecule has 3 aromatic rings. The van der Waals surface area contributed by atoms with E-state index >= 15 is 0 Å². The Balaban J connectivity index is 1.70. The predicted molar refractivity (Wildman–Crippen MR) is 92.4 cm³/mol. The van der Waals surface area contributed by atoms with Crippen LogP contribution in [-0.2, 0) is 0 Å². The molecular formula is C18H17F3N6O. The van der Waals surface area contributed by atoms with E-state index in [9.17, 15) is 18.0 Å². The van der Waals surface area contributed by atoms with E-state index in [1.165, 1.54) is 34.1 Å². The fraction of sp³-hybridized carbons (Fsp3) is 0.389. The third-order valence-electron chi connectivity index (χ3n) is 5.15. The molecule has 0 bridgehead atoms. The summed E-state index contributed by atoms with van der Waals surface area (Å²) < 4.78 is 42.0. The zero-order valence-electron chi connectivity index (χ0n) is 15.0. The van der Waals surface area contributed by atoms with E-state index in [-0.39, 0.29) is 35.4 Å². The van der Waals surface area contributed by atoms with Crippen molar-refractivity contribution in [3.8, 4) is 0 Å². The Morgan fingerprint density at radius 1 is 1.36 bits per heavy atom. The lowest BCUT2D eigenvalue weighted by molar-refractivity contribution is 0.0660. The molecule has 1 amide bonds. The molecule has 3 aromatic heterocycles. The first kappa shape index (κ1) is 18.3. The smallest absolute Gasteiger partial charge is 0.280 e. The van der Waals surface area contributed by atoms with Crippen molar-refractivity contribution in [2.45, 2.75) is 25.7 Å². The molecule has 0 radical (unpaired) electrons. The van der Waals surface area contributed by atoms with Gasteiger partial charge >= 0.3 is 0 Å². The van der Waals surface area contributed by atoms with Gasteiger partial charge in [-0.05, 0) is 24.5 Å². The van der Waals surface area contributed by atoms with Crippen molar-refractivity contribution in [2.75, 3.05) is 13.1 Å². The fourth-order valence-electron chi connectivity index (χ4n) is 3.59. The highest BCUT2D eigenvalue weighted by Crippen LogP contribution is 2.34. The Morgan fingerprint density at radius 3 is 2.93 bits per heavy atom. The average Bonchev–Trinajstić information content (AvgIpc) is 3.16. The molecule has 1 aliphatic heterocycles. The monoisotopic (exact) mass is 390 g/mol. The minimum Gasteiger partial charge on any atom is -0.338 e. The van der Waals surface area contributed by atoms with Crippen LogP contribution in [0.3, 0.4) is 0 Å². The molecule has 7 nitrogen and oxygen atoms in total. The summed E-state index contributed by atoms with van der Waals surface area (Å²) in [6.07, 6.45) is 1.50. The maximum absolute atomic E-state index is 14.0. The number of piperidine rings is 1. The number of halogens is 3. The van der Waals surface area contributed by atoms with Crippen molar-refractivity contribution < 1.29 is 18.0 Å². The molecule has 0 aliphatic carbocycles. The first-order valence-electron chi connectivity index (χ1n) is 8.83. The predicted octanol–water partition coefficient (Wildman–Crippen LogP) is 2.86. The first-order valence-corrected chi connectivity index (χ1v) is 8.83. The van der Waals surface area contributed by atoms with Gasteiger partial charge in [-0.1, -0.05) is 6.92 Å². The van der Waals surface area contributed by atoms with Crippen LogP contribution < -0.4 is 0 Å². The zero-order chi connectivity index (χ0) is 19.8. The number of amides is 1. The van der Waals surface area contributed by atoms with Gasteiger partial charge < -0.3 is 4.90 Å². The molecule has 0 N–H and O–H groups in total. The molecule has 1 saturated heterocycles. The third kappa shape index (κ3) is 3.19. The van der Waals surface area contributed by atoms with E-state index in [0.717, 1.165) is 6.20 Å². The van der Waals surface area contributed by atoms with E-state index in [4.69, 9.17) is 0 Å². The molecule has 0 spiro atoms.